The standard InChI is InChI=1S/C29H23BrN2O6/c1-27-21(16-9-5-3-6-10-16)22(17-11-7-4-8-12-17)28(2,25(27)35)29(30)23(27)24(34)31(26(29)36)18-13-14-20(33)19(15-18)32(37)38/h3-15,23,25,33,35H,1-2H3. The molecule has 2 N–H and O–H groups in total. The molecule has 0 radical (unpaired) electrons. The smallest absolute Gasteiger partial charge is 0.312 e. The number of imide groups is 1. The Hall–Kier alpha value is -3.82. The van der Waals surface area contributed by atoms with E-state index in [9.17, 15) is 29.9 Å². The zero-order valence-electron chi connectivity index (χ0n) is 20.5. The van der Waals surface area contributed by atoms with Crippen molar-refractivity contribution in [3.05, 3.63) is 100 Å². The molecule has 1 aliphatic heterocycles. The zero-order valence-corrected chi connectivity index (χ0v) is 22.0. The van der Waals surface area contributed by atoms with Crippen LogP contribution in [0.5, 0.6) is 5.75 Å². The number of rotatable bonds is 4. The lowest BCUT2D eigenvalue weighted by molar-refractivity contribution is -0.385. The maximum Gasteiger partial charge on any atom is 0.312 e. The molecule has 0 spiro atoms. The van der Waals surface area contributed by atoms with Crippen LogP contribution in [0.15, 0.2) is 78.9 Å². The molecule has 2 aliphatic carbocycles. The van der Waals surface area contributed by atoms with Crippen LogP contribution in [0.2, 0.25) is 0 Å². The molecule has 3 aromatic rings. The van der Waals surface area contributed by atoms with Crippen LogP contribution in [0.4, 0.5) is 11.4 Å². The maximum atomic E-state index is 14.3. The van der Waals surface area contributed by atoms with Crippen LogP contribution in [0.25, 0.3) is 11.1 Å². The third-order valence-electron chi connectivity index (χ3n) is 8.70. The van der Waals surface area contributed by atoms with Gasteiger partial charge in [0.15, 0.2) is 5.75 Å². The van der Waals surface area contributed by atoms with Gasteiger partial charge in [-0.2, -0.15) is 0 Å². The summed E-state index contributed by atoms with van der Waals surface area (Å²) in [5, 5.41) is 33.4. The number of anilines is 1. The minimum absolute atomic E-state index is 0.0127. The van der Waals surface area contributed by atoms with E-state index >= 15 is 0 Å². The van der Waals surface area contributed by atoms with Gasteiger partial charge in [-0.05, 0) is 34.4 Å². The Kier molecular flexibility index (Phi) is 5.06. The number of phenols is 1. The van der Waals surface area contributed by atoms with Crippen LogP contribution in [0.1, 0.15) is 25.0 Å². The maximum absolute atomic E-state index is 14.3. The highest BCUT2D eigenvalue weighted by Crippen LogP contribution is 2.79. The first-order valence-electron chi connectivity index (χ1n) is 12.1. The lowest BCUT2D eigenvalue weighted by atomic mass is 9.63. The number of benzene rings is 3. The number of amides is 2. The summed E-state index contributed by atoms with van der Waals surface area (Å²) in [4.78, 5) is 40.1. The van der Waals surface area contributed by atoms with Crippen LogP contribution >= 0.6 is 15.9 Å². The van der Waals surface area contributed by atoms with Gasteiger partial charge in [0.1, 0.15) is 4.32 Å². The van der Waals surface area contributed by atoms with Gasteiger partial charge in [-0.1, -0.05) is 90.4 Å². The largest absolute Gasteiger partial charge is 0.502 e. The average molecular weight is 575 g/mol. The minimum Gasteiger partial charge on any atom is -0.502 e. The van der Waals surface area contributed by atoms with E-state index in [1.807, 2.05) is 67.6 Å². The number of alkyl halides is 1. The number of aromatic hydroxyl groups is 1. The van der Waals surface area contributed by atoms with Crippen molar-refractivity contribution in [3.63, 3.8) is 0 Å². The summed E-state index contributed by atoms with van der Waals surface area (Å²) < 4.78 is -1.53. The number of nitro groups is 1. The van der Waals surface area contributed by atoms with Crippen molar-refractivity contribution in [2.75, 3.05) is 4.90 Å². The van der Waals surface area contributed by atoms with E-state index < -0.39 is 55.4 Å². The van der Waals surface area contributed by atoms with Crippen molar-refractivity contribution in [2.24, 2.45) is 16.7 Å². The van der Waals surface area contributed by atoms with Gasteiger partial charge in [0, 0.05) is 16.9 Å². The summed E-state index contributed by atoms with van der Waals surface area (Å²) in [5.41, 5.74) is 0.195. The fraction of sp³-hybridized carbons (Fsp3) is 0.241. The number of fused-ring (bicyclic) bond motifs is 5. The highest BCUT2D eigenvalue weighted by Gasteiger charge is 2.85. The first kappa shape index (κ1) is 24.5. The van der Waals surface area contributed by atoms with Crippen molar-refractivity contribution >= 4 is 50.3 Å². The molecule has 38 heavy (non-hydrogen) atoms. The summed E-state index contributed by atoms with van der Waals surface area (Å²) in [6.45, 7) is 3.62. The summed E-state index contributed by atoms with van der Waals surface area (Å²) in [5.74, 6) is -2.76. The fourth-order valence-corrected chi connectivity index (χ4v) is 8.38. The number of aliphatic hydroxyl groups is 1. The molecule has 2 amide bonds. The second-order valence-corrected chi connectivity index (χ2v) is 11.7. The molecular weight excluding hydrogens is 552 g/mol. The van der Waals surface area contributed by atoms with Crippen LogP contribution in [-0.2, 0) is 9.59 Å². The van der Waals surface area contributed by atoms with Gasteiger partial charge < -0.3 is 10.2 Å². The molecule has 3 aromatic carbocycles. The summed E-state index contributed by atoms with van der Waals surface area (Å²) in [6.07, 6.45) is -1.09. The Balaban J connectivity index is 1.63. The van der Waals surface area contributed by atoms with Crippen LogP contribution < -0.4 is 4.90 Å². The number of hydrogen-bond acceptors (Lipinski definition) is 6. The van der Waals surface area contributed by atoms with Crippen LogP contribution in [0.3, 0.4) is 0 Å². The van der Waals surface area contributed by atoms with Gasteiger partial charge in [-0.3, -0.25) is 19.7 Å². The van der Waals surface area contributed by atoms with E-state index in [-0.39, 0.29) is 5.69 Å². The van der Waals surface area contributed by atoms with E-state index in [0.717, 1.165) is 39.3 Å². The minimum atomic E-state index is -1.53. The highest BCUT2D eigenvalue weighted by molar-refractivity contribution is 9.10. The number of halogens is 1. The van der Waals surface area contributed by atoms with E-state index in [0.29, 0.717) is 0 Å². The van der Waals surface area contributed by atoms with E-state index in [1.54, 1.807) is 6.92 Å². The molecule has 9 heteroatoms. The monoisotopic (exact) mass is 574 g/mol. The Morgan fingerprint density at radius 2 is 1.47 bits per heavy atom. The van der Waals surface area contributed by atoms with Gasteiger partial charge in [0.05, 0.1) is 22.6 Å². The number of carbonyl (C=O) groups excluding carboxylic acids is 2. The molecule has 8 nitrogen and oxygen atoms in total. The first-order valence-corrected chi connectivity index (χ1v) is 12.9. The molecule has 1 saturated carbocycles. The van der Waals surface area contributed by atoms with Crippen molar-refractivity contribution in [1.29, 1.82) is 0 Å². The number of phenolic OH excluding ortho intramolecular Hbond substituents is 1. The second kappa shape index (κ2) is 7.85. The van der Waals surface area contributed by atoms with Gasteiger partial charge in [0.2, 0.25) is 5.91 Å². The summed E-state index contributed by atoms with van der Waals surface area (Å²) >= 11 is 3.72. The van der Waals surface area contributed by atoms with Crippen LogP contribution in [-0.4, -0.2) is 37.4 Å². The third-order valence-corrected chi connectivity index (χ3v) is 10.3. The highest BCUT2D eigenvalue weighted by atomic mass is 79.9. The SMILES string of the molecule is CC12C(c3ccccc3)=C(c3ccccc3)C(C)(C1O)C1(Br)C(=O)N(c3ccc(O)c([N+](=O)[O-])c3)C(=O)C21. The van der Waals surface area contributed by atoms with Crippen molar-refractivity contribution in [2.45, 2.75) is 24.3 Å². The molecule has 6 rings (SSSR count). The molecule has 1 saturated heterocycles. The van der Waals surface area contributed by atoms with Crippen molar-refractivity contribution in [1.82, 2.24) is 0 Å². The van der Waals surface area contributed by atoms with Gasteiger partial charge in [-0.25, -0.2) is 4.90 Å². The second-order valence-electron chi connectivity index (χ2n) is 10.4. The Morgan fingerprint density at radius 1 is 0.921 bits per heavy atom. The molecule has 2 bridgehead atoms. The molecule has 0 aromatic heterocycles. The normalized spacial score (nSPS) is 31.7. The Labute approximate surface area is 226 Å². The fourth-order valence-electron chi connectivity index (χ4n) is 7.11. The van der Waals surface area contributed by atoms with Gasteiger partial charge in [0.25, 0.3) is 5.91 Å². The molecule has 1 heterocycles. The number of aliphatic hydroxyl groups excluding tert-OH is 1. The Bertz CT molecular complexity index is 1570. The predicted octanol–water partition coefficient (Wildman–Crippen LogP) is 4.94. The Morgan fingerprint density at radius 3 is 2.03 bits per heavy atom. The van der Waals surface area contributed by atoms with E-state index in [4.69, 9.17) is 0 Å². The van der Waals surface area contributed by atoms with Crippen LogP contribution in [0, 0.1) is 26.9 Å². The topological polar surface area (TPSA) is 121 Å². The van der Waals surface area contributed by atoms with Gasteiger partial charge in [-0.15, -0.1) is 0 Å². The lowest BCUT2D eigenvalue weighted by Gasteiger charge is -2.42. The van der Waals surface area contributed by atoms with E-state index in [1.165, 1.54) is 6.07 Å². The third kappa shape index (κ3) is 2.67. The molecule has 3 aliphatic rings. The molecule has 5 unspecified atom stereocenters. The summed E-state index contributed by atoms with van der Waals surface area (Å²) in [6, 6.07) is 22.5. The van der Waals surface area contributed by atoms with Crippen molar-refractivity contribution < 1.29 is 24.7 Å². The molecule has 2 fully saturated rings. The number of carbonyl (C=O) groups is 2. The average Bonchev–Trinajstić information content (AvgIpc) is 3.29. The lowest BCUT2D eigenvalue weighted by Crippen LogP contribution is -2.51. The van der Waals surface area contributed by atoms with Crippen molar-refractivity contribution in [3.8, 4) is 5.75 Å². The zero-order chi connectivity index (χ0) is 27.2. The molecule has 192 valence electrons. The number of nitro benzene ring substituents is 1. The quantitative estimate of drug-likeness (QED) is 0.197. The molecule has 5 atom stereocenters. The van der Waals surface area contributed by atoms with E-state index in [2.05, 4.69) is 15.9 Å². The number of nitrogens with zero attached hydrogens (tertiary/aromatic N) is 2. The number of hydrogen-bond donors (Lipinski definition) is 2. The molecular formula is C29H23BrN2O6. The van der Waals surface area contributed by atoms with Gasteiger partial charge >= 0.3 is 5.69 Å². The first-order chi connectivity index (χ1) is 18.0. The summed E-state index contributed by atoms with van der Waals surface area (Å²) in [7, 11) is 0. The predicted molar refractivity (Wildman–Crippen MR) is 144 cm³/mol.